The van der Waals surface area contributed by atoms with Gasteiger partial charge in [0.1, 0.15) is 0 Å². The highest BCUT2D eigenvalue weighted by atomic mass is 35.5. The maximum Gasteiger partial charge on any atom is 0.0991 e. The van der Waals surface area contributed by atoms with Gasteiger partial charge in [0.15, 0.2) is 0 Å². The Kier molecular flexibility index (Phi) is 4.91. The highest BCUT2D eigenvalue weighted by Gasteiger charge is 2.16. The van der Waals surface area contributed by atoms with Crippen molar-refractivity contribution in [2.24, 2.45) is 0 Å². The van der Waals surface area contributed by atoms with Crippen LogP contribution in [0.5, 0.6) is 0 Å². The molecular formula is C15H17Cl2NS. The van der Waals surface area contributed by atoms with Crippen molar-refractivity contribution in [1.82, 2.24) is 5.32 Å². The van der Waals surface area contributed by atoms with Gasteiger partial charge in [-0.05, 0) is 43.5 Å². The van der Waals surface area contributed by atoms with E-state index < -0.39 is 0 Å². The molecule has 0 amide bonds. The summed E-state index contributed by atoms with van der Waals surface area (Å²) in [5.41, 5.74) is 3.67. The van der Waals surface area contributed by atoms with Crippen LogP contribution in [0, 0.1) is 6.92 Å². The van der Waals surface area contributed by atoms with E-state index in [1.807, 2.05) is 6.07 Å². The zero-order chi connectivity index (χ0) is 14.0. The lowest BCUT2D eigenvalue weighted by molar-refractivity contribution is 0.494. The molecule has 1 unspecified atom stereocenters. The monoisotopic (exact) mass is 313 g/mol. The fourth-order valence-electron chi connectivity index (χ4n) is 2.28. The number of rotatable bonds is 4. The van der Waals surface area contributed by atoms with Gasteiger partial charge in [-0.25, -0.2) is 0 Å². The van der Waals surface area contributed by atoms with Crippen molar-refractivity contribution in [2.45, 2.75) is 32.9 Å². The van der Waals surface area contributed by atoms with Gasteiger partial charge in [-0.2, -0.15) is 0 Å². The Balaban J connectivity index is 2.13. The Hall–Kier alpha value is -0.540. The fourth-order valence-corrected chi connectivity index (χ4v) is 3.92. The third kappa shape index (κ3) is 3.51. The summed E-state index contributed by atoms with van der Waals surface area (Å²) in [6.45, 7) is 6.41. The molecule has 1 nitrogen and oxygen atoms in total. The zero-order valence-corrected chi connectivity index (χ0v) is 13.5. The van der Waals surface area contributed by atoms with Crippen molar-refractivity contribution >= 4 is 34.5 Å². The molecule has 2 rings (SSSR count). The molecule has 0 saturated carbocycles. The molecule has 0 aliphatic heterocycles. The van der Waals surface area contributed by atoms with Crippen LogP contribution in [0.2, 0.25) is 8.67 Å². The van der Waals surface area contributed by atoms with Gasteiger partial charge in [-0.1, -0.05) is 47.5 Å². The van der Waals surface area contributed by atoms with Crippen molar-refractivity contribution in [3.05, 3.63) is 55.7 Å². The van der Waals surface area contributed by atoms with Crippen molar-refractivity contribution < 1.29 is 0 Å². The molecule has 0 fully saturated rings. The average Bonchev–Trinajstić information content (AvgIpc) is 2.69. The maximum absolute atomic E-state index is 6.19. The van der Waals surface area contributed by atoms with Crippen LogP contribution in [0.3, 0.4) is 0 Å². The number of hydrogen-bond acceptors (Lipinski definition) is 2. The topological polar surface area (TPSA) is 12.0 Å². The predicted octanol–water partition coefficient (Wildman–Crippen LogP) is 5.78. The minimum Gasteiger partial charge on any atom is -0.304 e. The van der Waals surface area contributed by atoms with Crippen LogP contribution in [-0.2, 0) is 0 Å². The van der Waals surface area contributed by atoms with Gasteiger partial charge in [-0.3, -0.25) is 0 Å². The van der Waals surface area contributed by atoms with E-state index in [9.17, 15) is 0 Å². The highest BCUT2D eigenvalue weighted by molar-refractivity contribution is 7.20. The average molecular weight is 314 g/mol. The molecule has 0 radical (unpaired) electrons. The number of nitrogens with one attached hydrogen (secondary N) is 1. The summed E-state index contributed by atoms with van der Waals surface area (Å²) >= 11 is 13.6. The number of hydrogen-bond donors (Lipinski definition) is 1. The second-order valence-corrected chi connectivity index (χ2v) is 7.03. The molecule has 0 aliphatic rings. The number of thiophene rings is 1. The van der Waals surface area contributed by atoms with Gasteiger partial charge in [0.05, 0.1) is 8.67 Å². The summed E-state index contributed by atoms with van der Waals surface area (Å²) in [7, 11) is 0. The van der Waals surface area contributed by atoms with E-state index >= 15 is 0 Å². The van der Waals surface area contributed by atoms with Crippen LogP contribution in [0.4, 0.5) is 0 Å². The molecule has 0 saturated heterocycles. The number of benzene rings is 1. The molecule has 19 heavy (non-hydrogen) atoms. The molecule has 0 aliphatic carbocycles. The summed E-state index contributed by atoms with van der Waals surface area (Å²) < 4.78 is 1.50. The van der Waals surface area contributed by atoms with Crippen molar-refractivity contribution in [1.29, 1.82) is 0 Å². The standard InChI is InChI=1S/C15H17Cl2NS/c1-9-6-4-5-7-12(9)10(2)18-11(3)13-8-14(16)19-15(13)17/h4-8,10-11,18H,1-3H3/t10-,11?/m0/s1. The van der Waals surface area contributed by atoms with E-state index in [-0.39, 0.29) is 12.1 Å². The Labute approximate surface area is 128 Å². The molecule has 4 heteroatoms. The van der Waals surface area contributed by atoms with Crippen LogP contribution in [0.1, 0.15) is 42.6 Å². The first kappa shape index (κ1) is 14.9. The summed E-state index contributed by atoms with van der Waals surface area (Å²) in [5, 5.41) is 3.57. The van der Waals surface area contributed by atoms with E-state index in [4.69, 9.17) is 23.2 Å². The lowest BCUT2D eigenvalue weighted by Gasteiger charge is -2.21. The van der Waals surface area contributed by atoms with Crippen LogP contribution >= 0.6 is 34.5 Å². The van der Waals surface area contributed by atoms with Gasteiger partial charge in [0, 0.05) is 12.1 Å². The van der Waals surface area contributed by atoms with Crippen LogP contribution in [-0.4, -0.2) is 0 Å². The lowest BCUT2D eigenvalue weighted by Crippen LogP contribution is -2.22. The third-order valence-corrected chi connectivity index (χ3v) is 4.82. The first-order valence-corrected chi connectivity index (χ1v) is 7.82. The number of halogens is 2. The minimum absolute atomic E-state index is 0.172. The Morgan fingerprint density at radius 3 is 2.26 bits per heavy atom. The van der Waals surface area contributed by atoms with Gasteiger partial charge in [-0.15, -0.1) is 11.3 Å². The quantitative estimate of drug-likeness (QED) is 0.755. The highest BCUT2D eigenvalue weighted by Crippen LogP contribution is 2.35. The van der Waals surface area contributed by atoms with Gasteiger partial charge < -0.3 is 5.32 Å². The van der Waals surface area contributed by atoms with E-state index in [1.54, 1.807) is 0 Å². The Bertz CT molecular complexity index is 565. The SMILES string of the molecule is Cc1ccccc1[C@H](C)NC(C)c1cc(Cl)sc1Cl. The predicted molar refractivity (Wildman–Crippen MR) is 85.5 cm³/mol. The molecule has 102 valence electrons. The largest absolute Gasteiger partial charge is 0.304 e. The van der Waals surface area contributed by atoms with Crippen LogP contribution in [0.15, 0.2) is 30.3 Å². The first-order valence-electron chi connectivity index (χ1n) is 6.25. The molecule has 0 bridgehead atoms. The second-order valence-electron chi connectivity index (χ2n) is 4.75. The minimum atomic E-state index is 0.172. The second kappa shape index (κ2) is 6.27. The van der Waals surface area contributed by atoms with Crippen LogP contribution < -0.4 is 5.32 Å². The zero-order valence-electron chi connectivity index (χ0n) is 11.2. The maximum atomic E-state index is 6.19. The molecule has 1 heterocycles. The van der Waals surface area contributed by atoms with Gasteiger partial charge in [0.2, 0.25) is 0 Å². The van der Waals surface area contributed by atoms with Crippen molar-refractivity contribution in [2.75, 3.05) is 0 Å². The van der Waals surface area contributed by atoms with Crippen molar-refractivity contribution in [3.63, 3.8) is 0 Å². The Morgan fingerprint density at radius 1 is 1.05 bits per heavy atom. The molecule has 0 spiro atoms. The van der Waals surface area contributed by atoms with E-state index in [1.165, 1.54) is 22.5 Å². The third-order valence-electron chi connectivity index (χ3n) is 3.30. The lowest BCUT2D eigenvalue weighted by atomic mass is 10.0. The molecule has 1 N–H and O–H groups in total. The van der Waals surface area contributed by atoms with E-state index in [0.29, 0.717) is 0 Å². The smallest absolute Gasteiger partial charge is 0.0991 e. The van der Waals surface area contributed by atoms with Gasteiger partial charge in [0.25, 0.3) is 0 Å². The first-order chi connectivity index (χ1) is 8.99. The van der Waals surface area contributed by atoms with Gasteiger partial charge >= 0.3 is 0 Å². The number of aryl methyl sites for hydroxylation is 1. The van der Waals surface area contributed by atoms with E-state index in [2.05, 4.69) is 50.4 Å². The molecule has 1 aromatic heterocycles. The van der Waals surface area contributed by atoms with Crippen LogP contribution in [0.25, 0.3) is 0 Å². The summed E-state index contributed by atoms with van der Waals surface area (Å²) in [6, 6.07) is 10.8. The summed E-state index contributed by atoms with van der Waals surface area (Å²) in [5.74, 6) is 0. The summed E-state index contributed by atoms with van der Waals surface area (Å²) in [6.07, 6.45) is 0. The summed E-state index contributed by atoms with van der Waals surface area (Å²) in [4.78, 5) is 0. The van der Waals surface area contributed by atoms with E-state index in [0.717, 1.165) is 14.2 Å². The molecule has 1 aromatic carbocycles. The molecular weight excluding hydrogens is 297 g/mol. The molecule has 2 atom stereocenters. The normalized spacial score (nSPS) is 14.4. The fraction of sp³-hybridized carbons (Fsp3) is 0.333. The molecule has 2 aromatic rings. The van der Waals surface area contributed by atoms with Crippen molar-refractivity contribution in [3.8, 4) is 0 Å². The Morgan fingerprint density at radius 2 is 1.68 bits per heavy atom.